The van der Waals surface area contributed by atoms with Gasteiger partial charge in [0.2, 0.25) is 0 Å². The molecule has 94 valence electrons. The quantitative estimate of drug-likeness (QED) is 0.746. The SMILES string of the molecule is CC[C@@H](C(=O)OC)c1ccc(C(C)(C)C)cc1. The summed E-state index contributed by atoms with van der Waals surface area (Å²) < 4.78 is 4.82. The number of carbonyl (C=O) groups excluding carboxylic acids is 1. The molecule has 0 N–H and O–H groups in total. The Balaban J connectivity index is 2.97. The first-order valence-electron chi connectivity index (χ1n) is 6.08. The third-order valence-electron chi connectivity index (χ3n) is 3.07. The molecular formula is C15H22O2. The van der Waals surface area contributed by atoms with Gasteiger partial charge in [0, 0.05) is 0 Å². The summed E-state index contributed by atoms with van der Waals surface area (Å²) in [7, 11) is 1.44. The summed E-state index contributed by atoms with van der Waals surface area (Å²) in [4.78, 5) is 11.6. The number of esters is 1. The van der Waals surface area contributed by atoms with Crippen molar-refractivity contribution in [1.29, 1.82) is 0 Å². The van der Waals surface area contributed by atoms with Crippen molar-refractivity contribution in [3.63, 3.8) is 0 Å². The number of methoxy groups -OCH3 is 1. The van der Waals surface area contributed by atoms with Crippen LogP contribution in [0.25, 0.3) is 0 Å². The first-order chi connectivity index (χ1) is 7.90. The van der Waals surface area contributed by atoms with Crippen LogP contribution in [0.4, 0.5) is 0 Å². The average Bonchev–Trinajstić information content (AvgIpc) is 2.29. The number of rotatable bonds is 3. The normalized spacial score (nSPS) is 13.2. The van der Waals surface area contributed by atoms with Crippen LogP contribution in [0.5, 0.6) is 0 Å². The standard InChI is InChI=1S/C15H22O2/c1-6-13(14(16)17-5)11-7-9-12(10-8-11)15(2,3)4/h7-10,13H,6H2,1-5H3/t13-/m1/s1. The second-order valence-electron chi connectivity index (χ2n) is 5.36. The fraction of sp³-hybridized carbons (Fsp3) is 0.533. The van der Waals surface area contributed by atoms with E-state index in [1.54, 1.807) is 0 Å². The van der Waals surface area contributed by atoms with E-state index in [0.29, 0.717) is 0 Å². The largest absolute Gasteiger partial charge is 0.469 e. The molecule has 0 saturated heterocycles. The van der Waals surface area contributed by atoms with Gasteiger partial charge in [-0.3, -0.25) is 4.79 Å². The van der Waals surface area contributed by atoms with Crippen molar-refractivity contribution in [3.05, 3.63) is 35.4 Å². The zero-order valence-corrected chi connectivity index (χ0v) is 11.4. The second-order valence-corrected chi connectivity index (χ2v) is 5.36. The van der Waals surface area contributed by atoms with Crippen molar-refractivity contribution in [2.45, 2.75) is 45.4 Å². The van der Waals surface area contributed by atoms with E-state index >= 15 is 0 Å². The minimum absolute atomic E-state index is 0.144. The lowest BCUT2D eigenvalue weighted by molar-refractivity contribution is -0.142. The molecule has 0 radical (unpaired) electrons. The van der Waals surface area contributed by atoms with Crippen LogP contribution in [-0.2, 0) is 14.9 Å². The van der Waals surface area contributed by atoms with E-state index in [2.05, 4.69) is 32.9 Å². The van der Waals surface area contributed by atoms with E-state index in [1.807, 2.05) is 19.1 Å². The Morgan fingerprint density at radius 3 is 2.12 bits per heavy atom. The topological polar surface area (TPSA) is 26.3 Å². The molecule has 2 nitrogen and oxygen atoms in total. The Kier molecular flexibility index (Phi) is 4.33. The zero-order valence-electron chi connectivity index (χ0n) is 11.4. The Bertz CT molecular complexity index is 371. The third-order valence-corrected chi connectivity index (χ3v) is 3.07. The predicted octanol–water partition coefficient (Wildman–Crippen LogP) is 3.65. The molecule has 1 atom stereocenters. The zero-order chi connectivity index (χ0) is 13.1. The first kappa shape index (κ1) is 13.8. The molecular weight excluding hydrogens is 212 g/mol. The van der Waals surface area contributed by atoms with E-state index in [1.165, 1.54) is 12.7 Å². The first-order valence-corrected chi connectivity index (χ1v) is 6.08. The molecule has 0 spiro atoms. The Hall–Kier alpha value is -1.31. The van der Waals surface area contributed by atoms with Crippen molar-refractivity contribution in [2.24, 2.45) is 0 Å². The van der Waals surface area contributed by atoms with Crippen LogP contribution in [0, 0.1) is 0 Å². The number of hydrogen-bond donors (Lipinski definition) is 0. The van der Waals surface area contributed by atoms with Crippen molar-refractivity contribution < 1.29 is 9.53 Å². The number of hydrogen-bond acceptors (Lipinski definition) is 2. The van der Waals surface area contributed by atoms with Crippen molar-refractivity contribution in [3.8, 4) is 0 Å². The maximum Gasteiger partial charge on any atom is 0.313 e. The highest BCUT2D eigenvalue weighted by Gasteiger charge is 2.20. The predicted molar refractivity (Wildman–Crippen MR) is 70.2 cm³/mol. The van der Waals surface area contributed by atoms with E-state index in [0.717, 1.165) is 12.0 Å². The summed E-state index contributed by atoms with van der Waals surface area (Å²) in [5.41, 5.74) is 2.46. The van der Waals surface area contributed by atoms with E-state index < -0.39 is 0 Å². The van der Waals surface area contributed by atoms with Crippen LogP contribution in [0.3, 0.4) is 0 Å². The van der Waals surface area contributed by atoms with Crippen LogP contribution in [0.15, 0.2) is 24.3 Å². The Labute approximate surface area is 104 Å². The molecule has 0 aliphatic carbocycles. The fourth-order valence-electron chi connectivity index (χ4n) is 1.90. The molecule has 2 heteroatoms. The summed E-state index contributed by atoms with van der Waals surface area (Å²) in [6.45, 7) is 8.54. The van der Waals surface area contributed by atoms with Gasteiger partial charge in [-0.25, -0.2) is 0 Å². The van der Waals surface area contributed by atoms with Crippen LogP contribution in [0.1, 0.15) is 51.2 Å². The van der Waals surface area contributed by atoms with E-state index in [4.69, 9.17) is 4.74 Å². The summed E-state index contributed by atoms with van der Waals surface area (Å²) >= 11 is 0. The molecule has 1 aromatic rings. The summed E-state index contributed by atoms with van der Waals surface area (Å²) in [6, 6.07) is 8.26. The number of benzene rings is 1. The number of carbonyl (C=O) groups is 1. The van der Waals surface area contributed by atoms with Crippen molar-refractivity contribution >= 4 is 5.97 Å². The molecule has 0 fully saturated rings. The van der Waals surface area contributed by atoms with Gasteiger partial charge in [-0.15, -0.1) is 0 Å². The maximum absolute atomic E-state index is 11.6. The van der Waals surface area contributed by atoms with Crippen LogP contribution in [0.2, 0.25) is 0 Å². The smallest absolute Gasteiger partial charge is 0.313 e. The monoisotopic (exact) mass is 234 g/mol. The molecule has 1 rings (SSSR count). The van der Waals surface area contributed by atoms with Crippen molar-refractivity contribution in [2.75, 3.05) is 7.11 Å². The third kappa shape index (κ3) is 3.32. The molecule has 17 heavy (non-hydrogen) atoms. The highest BCUT2D eigenvalue weighted by atomic mass is 16.5. The number of ether oxygens (including phenoxy) is 1. The molecule has 0 saturated carbocycles. The Morgan fingerprint density at radius 2 is 1.76 bits per heavy atom. The van der Waals surface area contributed by atoms with E-state index in [-0.39, 0.29) is 17.3 Å². The van der Waals surface area contributed by atoms with Gasteiger partial charge in [0.1, 0.15) is 0 Å². The van der Waals surface area contributed by atoms with Gasteiger partial charge in [0.25, 0.3) is 0 Å². The summed E-state index contributed by atoms with van der Waals surface area (Å²) in [5.74, 6) is -0.301. The lowest BCUT2D eigenvalue weighted by Gasteiger charge is -2.20. The molecule has 0 bridgehead atoms. The average molecular weight is 234 g/mol. The second kappa shape index (κ2) is 5.35. The van der Waals surface area contributed by atoms with Gasteiger partial charge >= 0.3 is 5.97 Å². The highest BCUT2D eigenvalue weighted by molar-refractivity contribution is 5.77. The van der Waals surface area contributed by atoms with Gasteiger partial charge in [-0.1, -0.05) is 52.0 Å². The summed E-state index contributed by atoms with van der Waals surface area (Å²) in [5, 5.41) is 0. The minimum Gasteiger partial charge on any atom is -0.469 e. The molecule has 0 aliphatic rings. The fourth-order valence-corrected chi connectivity index (χ4v) is 1.90. The Morgan fingerprint density at radius 1 is 1.24 bits per heavy atom. The van der Waals surface area contributed by atoms with Crippen LogP contribution in [-0.4, -0.2) is 13.1 Å². The highest BCUT2D eigenvalue weighted by Crippen LogP contribution is 2.26. The molecule has 0 amide bonds. The van der Waals surface area contributed by atoms with Crippen LogP contribution >= 0.6 is 0 Å². The minimum atomic E-state index is -0.156. The molecule has 0 unspecified atom stereocenters. The lowest BCUT2D eigenvalue weighted by Crippen LogP contribution is -2.15. The maximum atomic E-state index is 11.6. The van der Waals surface area contributed by atoms with Crippen LogP contribution < -0.4 is 0 Å². The summed E-state index contributed by atoms with van der Waals surface area (Å²) in [6.07, 6.45) is 0.765. The van der Waals surface area contributed by atoms with Gasteiger partial charge in [-0.2, -0.15) is 0 Å². The molecule has 1 aromatic carbocycles. The van der Waals surface area contributed by atoms with E-state index in [9.17, 15) is 4.79 Å². The van der Waals surface area contributed by atoms with Crippen molar-refractivity contribution in [1.82, 2.24) is 0 Å². The molecule has 0 heterocycles. The molecule has 0 aromatic heterocycles. The lowest BCUT2D eigenvalue weighted by atomic mass is 9.85. The van der Waals surface area contributed by atoms with Gasteiger partial charge in [-0.05, 0) is 23.0 Å². The van der Waals surface area contributed by atoms with Gasteiger partial charge < -0.3 is 4.74 Å². The van der Waals surface area contributed by atoms with Gasteiger partial charge in [0.05, 0.1) is 13.0 Å². The molecule has 0 aliphatic heterocycles. The van der Waals surface area contributed by atoms with Gasteiger partial charge in [0.15, 0.2) is 0 Å².